The fourth-order valence-corrected chi connectivity index (χ4v) is 3.61. The van der Waals surface area contributed by atoms with Gasteiger partial charge in [0.2, 0.25) is 5.71 Å². The molecule has 0 aliphatic heterocycles. The SMILES string of the molecule is [2H]C([2H])([2H])c1ccc2c(n1)oc1c(-c3ccc4sccc4n3)cccc12. The highest BCUT2D eigenvalue weighted by molar-refractivity contribution is 7.17. The van der Waals surface area contributed by atoms with E-state index in [0.29, 0.717) is 11.3 Å². The topological polar surface area (TPSA) is 38.9 Å². The van der Waals surface area contributed by atoms with Crippen LogP contribution in [0.3, 0.4) is 0 Å². The Balaban J connectivity index is 1.78. The van der Waals surface area contributed by atoms with Gasteiger partial charge in [0.15, 0.2) is 0 Å². The van der Waals surface area contributed by atoms with Gasteiger partial charge in [0.05, 0.1) is 15.9 Å². The van der Waals surface area contributed by atoms with Crippen LogP contribution in [0.5, 0.6) is 0 Å². The summed E-state index contributed by atoms with van der Waals surface area (Å²) in [5.74, 6) is 0. The van der Waals surface area contributed by atoms with Crippen molar-refractivity contribution in [3.05, 3.63) is 59.6 Å². The molecule has 4 aromatic heterocycles. The molecular weight excluding hydrogens is 304 g/mol. The molecule has 0 aliphatic carbocycles. The van der Waals surface area contributed by atoms with Crippen LogP contribution >= 0.6 is 11.3 Å². The van der Waals surface area contributed by atoms with Crippen molar-refractivity contribution in [1.82, 2.24) is 9.97 Å². The van der Waals surface area contributed by atoms with Gasteiger partial charge in [-0.1, -0.05) is 12.1 Å². The van der Waals surface area contributed by atoms with Crippen molar-refractivity contribution >= 4 is 43.6 Å². The van der Waals surface area contributed by atoms with Crippen molar-refractivity contribution in [1.29, 1.82) is 0 Å². The Bertz CT molecular complexity index is 1290. The van der Waals surface area contributed by atoms with Crippen molar-refractivity contribution in [3.8, 4) is 11.3 Å². The zero-order valence-electron chi connectivity index (χ0n) is 14.9. The van der Waals surface area contributed by atoms with Gasteiger partial charge in [0.25, 0.3) is 0 Å². The number of aryl methyl sites for hydroxylation is 1. The van der Waals surface area contributed by atoms with E-state index in [4.69, 9.17) is 13.5 Å². The summed E-state index contributed by atoms with van der Waals surface area (Å²) < 4.78 is 29.7. The highest BCUT2D eigenvalue weighted by Gasteiger charge is 2.14. The molecule has 0 bridgehead atoms. The number of hydrogen-bond donors (Lipinski definition) is 0. The quantitative estimate of drug-likeness (QED) is 0.405. The molecule has 0 aliphatic rings. The Labute approximate surface area is 140 Å². The van der Waals surface area contributed by atoms with E-state index in [1.54, 1.807) is 17.4 Å². The number of aromatic nitrogens is 2. The number of furan rings is 1. The van der Waals surface area contributed by atoms with Gasteiger partial charge in [0, 0.05) is 26.1 Å². The summed E-state index contributed by atoms with van der Waals surface area (Å²) in [7, 11) is 0. The van der Waals surface area contributed by atoms with E-state index in [-0.39, 0.29) is 5.69 Å². The molecule has 0 fully saturated rings. The number of hydrogen-bond acceptors (Lipinski definition) is 4. The van der Waals surface area contributed by atoms with Gasteiger partial charge in [-0.25, -0.2) is 9.97 Å². The van der Waals surface area contributed by atoms with Crippen LogP contribution in [0.25, 0.3) is 43.5 Å². The van der Waals surface area contributed by atoms with Crippen molar-refractivity contribution in [2.75, 3.05) is 0 Å². The summed E-state index contributed by atoms with van der Waals surface area (Å²) in [5.41, 5.74) is 3.66. The summed E-state index contributed by atoms with van der Waals surface area (Å²) in [6.45, 7) is -2.26. The maximum Gasteiger partial charge on any atom is 0.227 e. The van der Waals surface area contributed by atoms with Crippen molar-refractivity contribution in [2.45, 2.75) is 6.85 Å². The number of rotatable bonds is 1. The van der Waals surface area contributed by atoms with E-state index < -0.39 is 6.85 Å². The van der Waals surface area contributed by atoms with E-state index in [2.05, 4.69) is 11.1 Å². The van der Waals surface area contributed by atoms with E-state index in [1.807, 2.05) is 35.7 Å². The zero-order valence-corrected chi connectivity index (χ0v) is 12.7. The predicted molar refractivity (Wildman–Crippen MR) is 94.9 cm³/mol. The van der Waals surface area contributed by atoms with Gasteiger partial charge in [-0.2, -0.15) is 0 Å². The van der Waals surface area contributed by atoms with Gasteiger partial charge < -0.3 is 4.42 Å². The van der Waals surface area contributed by atoms with Gasteiger partial charge >= 0.3 is 0 Å². The number of pyridine rings is 2. The molecule has 4 heterocycles. The minimum atomic E-state index is -2.26. The molecule has 0 saturated carbocycles. The largest absolute Gasteiger partial charge is 0.437 e. The first-order chi connectivity index (χ1) is 12.5. The summed E-state index contributed by atoms with van der Waals surface area (Å²) >= 11 is 1.65. The molecule has 0 atom stereocenters. The summed E-state index contributed by atoms with van der Waals surface area (Å²) in [4.78, 5) is 8.93. The van der Waals surface area contributed by atoms with Crippen LogP contribution in [0.15, 0.2) is 58.3 Å². The van der Waals surface area contributed by atoms with Crippen molar-refractivity contribution < 1.29 is 8.53 Å². The predicted octanol–water partition coefficient (Wildman–Crippen LogP) is 5.57. The van der Waals surface area contributed by atoms with Crippen LogP contribution in [0.1, 0.15) is 9.81 Å². The second-order valence-electron chi connectivity index (χ2n) is 5.33. The lowest BCUT2D eigenvalue weighted by Gasteiger charge is -2.02. The standard InChI is InChI=1S/C19H12N2OS/c1-11-5-6-13-12-3-2-4-14(18(12)22-19(13)20-11)15-7-8-17-16(21-15)9-10-23-17/h2-10H,1H3/i1D3. The summed E-state index contributed by atoms with van der Waals surface area (Å²) in [6.07, 6.45) is 0. The van der Waals surface area contributed by atoms with Crippen LogP contribution in [-0.4, -0.2) is 9.97 Å². The minimum absolute atomic E-state index is 0.0309. The zero-order chi connectivity index (χ0) is 17.9. The molecule has 3 nitrogen and oxygen atoms in total. The number of fused-ring (bicyclic) bond motifs is 4. The van der Waals surface area contributed by atoms with Crippen LogP contribution in [0, 0.1) is 6.85 Å². The maximum atomic E-state index is 7.54. The number of benzene rings is 1. The minimum Gasteiger partial charge on any atom is -0.437 e. The Morgan fingerprint density at radius 3 is 2.96 bits per heavy atom. The third kappa shape index (κ3) is 1.88. The molecule has 0 N–H and O–H groups in total. The Hall–Kier alpha value is -2.72. The Morgan fingerprint density at radius 2 is 2.00 bits per heavy atom. The van der Waals surface area contributed by atoms with Crippen LogP contribution in [0.2, 0.25) is 0 Å². The van der Waals surface area contributed by atoms with Crippen LogP contribution < -0.4 is 0 Å². The van der Waals surface area contributed by atoms with Crippen LogP contribution in [0.4, 0.5) is 0 Å². The summed E-state index contributed by atoms with van der Waals surface area (Å²) in [5, 5.41) is 3.71. The van der Waals surface area contributed by atoms with E-state index in [9.17, 15) is 0 Å². The molecule has 0 amide bonds. The smallest absolute Gasteiger partial charge is 0.227 e. The van der Waals surface area contributed by atoms with Gasteiger partial charge in [-0.05, 0) is 48.6 Å². The fourth-order valence-electron chi connectivity index (χ4n) is 2.88. The van der Waals surface area contributed by atoms with Gasteiger partial charge in [-0.3, -0.25) is 0 Å². The molecule has 4 heteroatoms. The lowest BCUT2D eigenvalue weighted by atomic mass is 10.1. The highest BCUT2D eigenvalue weighted by atomic mass is 32.1. The molecule has 110 valence electrons. The number of thiophene rings is 1. The van der Waals surface area contributed by atoms with Gasteiger partial charge in [0.1, 0.15) is 5.58 Å². The molecule has 0 saturated heterocycles. The van der Waals surface area contributed by atoms with E-state index >= 15 is 0 Å². The van der Waals surface area contributed by atoms with E-state index in [1.165, 1.54) is 6.07 Å². The number of para-hydroxylation sites is 1. The fraction of sp³-hybridized carbons (Fsp3) is 0.0526. The molecule has 1 aromatic carbocycles. The number of nitrogens with zero attached hydrogens (tertiary/aromatic N) is 2. The Morgan fingerprint density at radius 1 is 1.00 bits per heavy atom. The summed E-state index contributed by atoms with van der Waals surface area (Å²) in [6, 6.07) is 15.2. The molecule has 5 aromatic rings. The first-order valence-corrected chi connectivity index (χ1v) is 8.06. The maximum absolute atomic E-state index is 7.54. The van der Waals surface area contributed by atoms with Crippen LogP contribution in [-0.2, 0) is 0 Å². The molecular formula is C19H12N2OS. The second-order valence-corrected chi connectivity index (χ2v) is 6.28. The first kappa shape index (κ1) is 10.1. The Kier molecular flexibility index (Phi) is 2.04. The molecule has 0 spiro atoms. The third-order valence-corrected chi connectivity index (χ3v) is 4.82. The molecule has 5 rings (SSSR count). The molecule has 0 unspecified atom stereocenters. The molecule has 23 heavy (non-hydrogen) atoms. The molecule has 0 radical (unpaired) electrons. The average molecular weight is 319 g/mol. The van der Waals surface area contributed by atoms with Crippen molar-refractivity contribution in [2.24, 2.45) is 0 Å². The second kappa shape index (κ2) is 4.64. The normalized spacial score (nSPS) is 14.2. The third-order valence-electron chi connectivity index (χ3n) is 3.95. The van der Waals surface area contributed by atoms with Crippen molar-refractivity contribution in [3.63, 3.8) is 0 Å². The first-order valence-electron chi connectivity index (χ1n) is 8.68. The monoisotopic (exact) mass is 319 g/mol. The lowest BCUT2D eigenvalue weighted by molar-refractivity contribution is 0.653. The average Bonchev–Trinajstić information content (AvgIpc) is 3.23. The van der Waals surface area contributed by atoms with Gasteiger partial charge in [-0.15, -0.1) is 11.3 Å². The lowest BCUT2D eigenvalue weighted by Crippen LogP contribution is -1.83. The van der Waals surface area contributed by atoms with E-state index in [0.717, 1.165) is 32.2 Å². The highest BCUT2D eigenvalue weighted by Crippen LogP contribution is 2.35.